The van der Waals surface area contributed by atoms with Gasteiger partial charge in [-0.1, -0.05) is 0 Å². The van der Waals surface area contributed by atoms with E-state index < -0.39 is 46.9 Å². The second-order valence-electron chi connectivity index (χ2n) is 8.80. The first-order valence-electron chi connectivity index (χ1n) is 11.5. The molecule has 2 fully saturated rings. The van der Waals surface area contributed by atoms with Crippen LogP contribution in [0.1, 0.15) is 30.4 Å². The first-order chi connectivity index (χ1) is 17.4. The number of carbonyl (C=O) groups is 1. The average molecular weight is 534 g/mol. The SMILES string of the molecule is O=C(C[C@H]1CC[C@@H](CNc2cn[nH]c(=O)c2C(F)(F)F)O1)N1CCN(c2ccc(C(F)(F)F)cn2)CC1. The van der Waals surface area contributed by atoms with Crippen LogP contribution in [0.25, 0.3) is 0 Å². The molecule has 2 aliphatic rings. The first-order valence-corrected chi connectivity index (χ1v) is 11.5. The number of ether oxygens (including phenoxy) is 1. The van der Waals surface area contributed by atoms with Crippen molar-refractivity contribution in [2.75, 3.05) is 42.9 Å². The van der Waals surface area contributed by atoms with Gasteiger partial charge in [-0.25, -0.2) is 10.1 Å². The number of pyridine rings is 1. The fourth-order valence-corrected chi connectivity index (χ4v) is 4.37. The molecule has 0 bridgehead atoms. The van der Waals surface area contributed by atoms with Crippen molar-refractivity contribution in [3.05, 3.63) is 46.0 Å². The number of hydrogen-bond acceptors (Lipinski definition) is 7. The number of H-pyrrole nitrogens is 1. The molecule has 4 heterocycles. The Morgan fingerprint density at radius 3 is 2.35 bits per heavy atom. The van der Waals surface area contributed by atoms with Gasteiger partial charge in [0, 0.05) is 38.9 Å². The van der Waals surface area contributed by atoms with Crippen LogP contribution in [0, 0.1) is 0 Å². The minimum Gasteiger partial charge on any atom is -0.380 e. The van der Waals surface area contributed by atoms with Crippen molar-refractivity contribution >= 4 is 17.4 Å². The maximum Gasteiger partial charge on any atom is 0.423 e. The minimum atomic E-state index is -4.85. The van der Waals surface area contributed by atoms with Gasteiger partial charge < -0.3 is 19.9 Å². The molecule has 2 saturated heterocycles. The van der Waals surface area contributed by atoms with Crippen LogP contribution in [0.2, 0.25) is 0 Å². The molecule has 202 valence electrons. The molecule has 0 aromatic carbocycles. The Bertz CT molecular complexity index is 1150. The van der Waals surface area contributed by atoms with Crippen molar-refractivity contribution in [2.45, 2.75) is 43.8 Å². The third kappa shape index (κ3) is 6.50. The predicted octanol–water partition coefficient (Wildman–Crippen LogP) is 2.90. The Labute approximate surface area is 206 Å². The van der Waals surface area contributed by atoms with E-state index in [2.05, 4.69) is 15.4 Å². The number of aromatic nitrogens is 3. The standard InChI is InChI=1S/C22H24F6N6O3/c23-21(24,25)13-1-4-17(30-10-13)33-5-7-34(8-6-33)18(35)9-14-2-3-15(37-14)11-29-16-12-31-32-20(36)19(16)22(26,27)28/h1,4,10,12,14-15H,2-3,5-9,11H2,(H2,29,32,36)/t14-,15+/m1/s1. The van der Waals surface area contributed by atoms with E-state index in [0.717, 1.165) is 18.5 Å². The van der Waals surface area contributed by atoms with Crippen molar-refractivity contribution in [1.82, 2.24) is 20.1 Å². The normalized spacial score (nSPS) is 20.8. The van der Waals surface area contributed by atoms with E-state index in [1.54, 1.807) is 14.9 Å². The van der Waals surface area contributed by atoms with E-state index in [0.29, 0.717) is 44.8 Å². The Morgan fingerprint density at radius 2 is 1.73 bits per heavy atom. The highest BCUT2D eigenvalue weighted by molar-refractivity contribution is 5.77. The number of anilines is 2. The first kappa shape index (κ1) is 26.7. The topological polar surface area (TPSA) is 103 Å². The van der Waals surface area contributed by atoms with Crippen LogP contribution in [0.5, 0.6) is 0 Å². The third-order valence-electron chi connectivity index (χ3n) is 6.29. The van der Waals surface area contributed by atoms with Crippen molar-refractivity contribution in [2.24, 2.45) is 0 Å². The van der Waals surface area contributed by atoms with Crippen LogP contribution < -0.4 is 15.8 Å². The summed E-state index contributed by atoms with van der Waals surface area (Å²) in [6.45, 7) is 1.57. The number of nitrogens with one attached hydrogen (secondary N) is 2. The molecule has 0 radical (unpaired) electrons. The zero-order valence-corrected chi connectivity index (χ0v) is 19.4. The summed E-state index contributed by atoms with van der Waals surface area (Å²) in [6.07, 6.45) is -7.30. The number of piperazine rings is 1. The highest BCUT2D eigenvalue weighted by Gasteiger charge is 2.38. The molecule has 9 nitrogen and oxygen atoms in total. The zero-order valence-electron chi connectivity index (χ0n) is 19.4. The number of halogens is 6. The van der Waals surface area contributed by atoms with Gasteiger partial charge in [0.15, 0.2) is 0 Å². The second-order valence-corrected chi connectivity index (χ2v) is 8.80. The predicted molar refractivity (Wildman–Crippen MR) is 119 cm³/mol. The van der Waals surface area contributed by atoms with Gasteiger partial charge in [0.1, 0.15) is 11.4 Å². The van der Waals surface area contributed by atoms with Crippen LogP contribution in [-0.4, -0.2) is 70.9 Å². The van der Waals surface area contributed by atoms with Gasteiger partial charge >= 0.3 is 12.4 Å². The highest BCUT2D eigenvalue weighted by Crippen LogP contribution is 2.32. The molecule has 0 aliphatic carbocycles. The molecule has 2 aromatic rings. The van der Waals surface area contributed by atoms with Crippen molar-refractivity contribution in [3.63, 3.8) is 0 Å². The molecule has 2 aromatic heterocycles. The van der Waals surface area contributed by atoms with Crippen molar-refractivity contribution in [1.29, 1.82) is 0 Å². The lowest BCUT2D eigenvalue weighted by Crippen LogP contribution is -2.49. The fraction of sp³-hybridized carbons (Fsp3) is 0.545. The largest absolute Gasteiger partial charge is 0.423 e. The van der Waals surface area contributed by atoms with Gasteiger partial charge in [0.05, 0.1) is 36.1 Å². The van der Waals surface area contributed by atoms with Crippen molar-refractivity contribution < 1.29 is 35.9 Å². The van der Waals surface area contributed by atoms with Gasteiger partial charge in [-0.3, -0.25) is 9.59 Å². The summed E-state index contributed by atoms with van der Waals surface area (Å²) in [5, 5.41) is 7.75. The summed E-state index contributed by atoms with van der Waals surface area (Å²) in [6, 6.07) is 2.28. The molecule has 0 unspecified atom stereocenters. The maximum atomic E-state index is 13.2. The Morgan fingerprint density at radius 1 is 1.03 bits per heavy atom. The zero-order chi connectivity index (χ0) is 26.8. The fourth-order valence-electron chi connectivity index (χ4n) is 4.37. The number of hydrogen-bond donors (Lipinski definition) is 2. The number of rotatable bonds is 6. The highest BCUT2D eigenvalue weighted by atomic mass is 19.4. The van der Waals surface area contributed by atoms with Crippen LogP contribution in [0.3, 0.4) is 0 Å². The van der Waals surface area contributed by atoms with Gasteiger partial charge in [0.25, 0.3) is 5.56 Å². The third-order valence-corrected chi connectivity index (χ3v) is 6.29. The summed E-state index contributed by atoms with van der Waals surface area (Å²) < 4.78 is 83.5. The smallest absolute Gasteiger partial charge is 0.380 e. The van der Waals surface area contributed by atoms with Crippen LogP contribution in [-0.2, 0) is 21.9 Å². The number of nitrogens with zero attached hydrogens (tertiary/aromatic N) is 4. The molecule has 2 N–H and O–H groups in total. The maximum absolute atomic E-state index is 13.2. The molecular weight excluding hydrogens is 510 g/mol. The van der Waals surface area contributed by atoms with Crippen LogP contribution in [0.4, 0.5) is 37.8 Å². The molecule has 0 saturated carbocycles. The van der Waals surface area contributed by atoms with Gasteiger partial charge in [-0.05, 0) is 25.0 Å². The van der Waals surface area contributed by atoms with E-state index in [9.17, 15) is 35.9 Å². The van der Waals surface area contributed by atoms with E-state index in [4.69, 9.17) is 4.74 Å². The molecule has 4 rings (SSSR count). The van der Waals surface area contributed by atoms with Crippen LogP contribution >= 0.6 is 0 Å². The summed E-state index contributed by atoms with van der Waals surface area (Å²) in [7, 11) is 0. The summed E-state index contributed by atoms with van der Waals surface area (Å²) in [5.74, 6) is 0.260. The van der Waals surface area contributed by atoms with Crippen molar-refractivity contribution in [3.8, 4) is 0 Å². The van der Waals surface area contributed by atoms with E-state index in [1.165, 1.54) is 6.07 Å². The average Bonchev–Trinajstić information content (AvgIpc) is 3.28. The van der Waals surface area contributed by atoms with E-state index >= 15 is 0 Å². The summed E-state index contributed by atoms with van der Waals surface area (Å²) in [4.78, 5) is 31.6. The molecule has 1 amide bonds. The molecule has 0 spiro atoms. The second kappa shape index (κ2) is 10.6. The van der Waals surface area contributed by atoms with Gasteiger partial charge in [-0.15, -0.1) is 0 Å². The Kier molecular flexibility index (Phi) is 7.62. The number of carbonyl (C=O) groups excluding carboxylic acids is 1. The molecule has 2 atom stereocenters. The lowest BCUT2D eigenvalue weighted by atomic mass is 10.1. The molecule has 37 heavy (non-hydrogen) atoms. The Balaban J connectivity index is 1.23. The van der Waals surface area contributed by atoms with E-state index in [-0.39, 0.29) is 18.9 Å². The quantitative estimate of drug-likeness (QED) is 0.550. The monoisotopic (exact) mass is 534 g/mol. The number of aromatic amines is 1. The Hall–Kier alpha value is -3.36. The molecular formula is C22H24F6N6O3. The lowest BCUT2D eigenvalue weighted by molar-refractivity contribution is -0.138. The molecule has 2 aliphatic heterocycles. The molecule has 15 heteroatoms. The lowest BCUT2D eigenvalue weighted by Gasteiger charge is -2.36. The minimum absolute atomic E-state index is 0.0116. The summed E-state index contributed by atoms with van der Waals surface area (Å²) in [5.41, 5.74) is -3.98. The number of amides is 1. The van der Waals surface area contributed by atoms with Gasteiger partial charge in [0.2, 0.25) is 5.91 Å². The number of alkyl halides is 6. The van der Waals surface area contributed by atoms with Crippen LogP contribution in [0.15, 0.2) is 29.3 Å². The van der Waals surface area contributed by atoms with E-state index in [1.807, 2.05) is 0 Å². The van der Waals surface area contributed by atoms with Gasteiger partial charge in [-0.2, -0.15) is 31.4 Å². The summed E-state index contributed by atoms with van der Waals surface area (Å²) >= 11 is 0.